The molecule has 1 aromatic heterocycles. The molecule has 4 aromatic rings. The molecule has 0 radical (unpaired) electrons. The number of benzene rings is 3. The predicted octanol–water partition coefficient (Wildman–Crippen LogP) is 4.47. The molecule has 1 heterocycles. The first-order valence-corrected chi connectivity index (χ1v) is 10.8. The number of amides is 2. The number of fused-ring (bicyclic) bond motifs is 1. The number of primary amides is 1. The highest BCUT2D eigenvalue weighted by Crippen LogP contribution is 2.26. The molecule has 1 unspecified atom stereocenters. The number of nitrogens with two attached hydrogens (primary N) is 1. The van der Waals surface area contributed by atoms with Gasteiger partial charge in [-0.25, -0.2) is 0 Å². The Hall–Kier alpha value is -3.90. The maximum Gasteiger partial charge on any atom is 0.259 e. The van der Waals surface area contributed by atoms with Gasteiger partial charge in [-0.1, -0.05) is 60.1 Å². The van der Waals surface area contributed by atoms with Gasteiger partial charge in [0, 0.05) is 27.7 Å². The zero-order chi connectivity index (χ0) is 23.5. The van der Waals surface area contributed by atoms with Gasteiger partial charge in [0.15, 0.2) is 0 Å². The van der Waals surface area contributed by atoms with E-state index in [1.807, 2.05) is 18.2 Å². The number of hydrogen-bond donors (Lipinski definition) is 2. The van der Waals surface area contributed by atoms with Gasteiger partial charge >= 0.3 is 0 Å². The number of carbonyl (C=O) groups excluding carboxylic acids is 2. The van der Waals surface area contributed by atoms with Gasteiger partial charge in [0.2, 0.25) is 11.8 Å². The molecule has 7 heteroatoms. The van der Waals surface area contributed by atoms with Crippen molar-refractivity contribution < 1.29 is 9.59 Å². The minimum atomic E-state index is -0.939. The molecule has 33 heavy (non-hydrogen) atoms. The number of hydrogen-bond acceptors (Lipinski definition) is 3. The molecule has 0 fully saturated rings. The molecule has 6 nitrogen and oxygen atoms in total. The number of rotatable bonds is 6. The fourth-order valence-electron chi connectivity index (χ4n) is 3.85. The van der Waals surface area contributed by atoms with Gasteiger partial charge in [-0.2, -0.15) is 0 Å². The number of nitrogens with one attached hydrogen (secondary N) is 1. The van der Waals surface area contributed by atoms with E-state index < -0.39 is 17.9 Å². The summed E-state index contributed by atoms with van der Waals surface area (Å²) < 4.78 is 1.32. The van der Waals surface area contributed by atoms with Gasteiger partial charge in [0.25, 0.3) is 5.56 Å². The van der Waals surface area contributed by atoms with Gasteiger partial charge < -0.3 is 11.1 Å². The van der Waals surface area contributed by atoms with E-state index in [-0.39, 0.29) is 11.5 Å². The van der Waals surface area contributed by atoms with Crippen molar-refractivity contribution in [1.29, 1.82) is 0 Å². The van der Waals surface area contributed by atoms with Crippen LogP contribution in [0.15, 0.2) is 89.9 Å². The van der Waals surface area contributed by atoms with Gasteiger partial charge in [-0.15, -0.1) is 0 Å². The van der Waals surface area contributed by atoms with Crippen molar-refractivity contribution in [1.82, 2.24) is 4.57 Å². The highest BCUT2D eigenvalue weighted by atomic mass is 35.5. The number of aromatic nitrogens is 1. The second-order valence-corrected chi connectivity index (χ2v) is 8.21. The summed E-state index contributed by atoms with van der Waals surface area (Å²) in [5.41, 5.74) is 7.23. The summed E-state index contributed by atoms with van der Waals surface area (Å²) >= 11 is 5.94. The van der Waals surface area contributed by atoms with Gasteiger partial charge in [0.1, 0.15) is 6.04 Å². The van der Waals surface area contributed by atoms with Crippen molar-refractivity contribution in [3.05, 3.63) is 112 Å². The standard InChI is InChI=1S/C26H22ClN3O3/c1-16(17-10-12-19(27)13-11-17)25(32)29-22-9-5-8-21-20(22)14-15-30(26(21)33)23(24(28)31)18-6-3-2-4-7-18/h2-16,23H,1H3,(H2,28,31)(H,29,32)/t16-,23?/m0/s1. The van der Waals surface area contributed by atoms with E-state index in [4.69, 9.17) is 17.3 Å². The van der Waals surface area contributed by atoms with Crippen molar-refractivity contribution in [3.8, 4) is 0 Å². The van der Waals surface area contributed by atoms with Crippen LogP contribution in [0.4, 0.5) is 5.69 Å². The normalized spacial score (nSPS) is 12.8. The number of carbonyl (C=O) groups is 2. The average Bonchev–Trinajstić information content (AvgIpc) is 2.81. The molecule has 4 rings (SSSR count). The first kappa shape index (κ1) is 22.3. The smallest absolute Gasteiger partial charge is 0.259 e. The van der Waals surface area contributed by atoms with Crippen LogP contribution in [0.3, 0.4) is 0 Å². The van der Waals surface area contributed by atoms with Crippen LogP contribution in [0.1, 0.15) is 30.0 Å². The minimum absolute atomic E-state index is 0.215. The van der Waals surface area contributed by atoms with Crippen LogP contribution >= 0.6 is 11.6 Å². The number of halogens is 1. The van der Waals surface area contributed by atoms with Crippen LogP contribution in [-0.4, -0.2) is 16.4 Å². The lowest BCUT2D eigenvalue weighted by molar-refractivity contribution is -0.120. The van der Waals surface area contributed by atoms with Crippen molar-refractivity contribution in [2.75, 3.05) is 5.32 Å². The second-order valence-electron chi connectivity index (χ2n) is 7.77. The molecule has 0 spiro atoms. The van der Waals surface area contributed by atoms with E-state index in [9.17, 15) is 14.4 Å². The van der Waals surface area contributed by atoms with Crippen LogP contribution in [-0.2, 0) is 9.59 Å². The molecule has 0 aliphatic heterocycles. The molecule has 0 saturated heterocycles. The summed E-state index contributed by atoms with van der Waals surface area (Å²) in [7, 11) is 0. The van der Waals surface area contributed by atoms with Gasteiger partial charge in [-0.3, -0.25) is 19.0 Å². The number of anilines is 1. The van der Waals surface area contributed by atoms with E-state index in [1.165, 1.54) is 10.8 Å². The van der Waals surface area contributed by atoms with Crippen molar-refractivity contribution in [2.24, 2.45) is 5.73 Å². The second kappa shape index (κ2) is 9.30. The lowest BCUT2D eigenvalue weighted by Gasteiger charge is -2.19. The van der Waals surface area contributed by atoms with E-state index in [1.54, 1.807) is 67.6 Å². The Bertz CT molecular complexity index is 1380. The van der Waals surface area contributed by atoms with Crippen LogP contribution in [0.2, 0.25) is 5.02 Å². The first-order chi connectivity index (χ1) is 15.9. The van der Waals surface area contributed by atoms with Gasteiger partial charge in [-0.05, 0) is 48.4 Å². The third-order valence-corrected chi connectivity index (χ3v) is 5.91. The Kier molecular flexibility index (Phi) is 6.29. The quantitative estimate of drug-likeness (QED) is 0.445. The summed E-state index contributed by atoms with van der Waals surface area (Å²) in [5, 5.41) is 4.46. The number of pyridine rings is 1. The van der Waals surface area contributed by atoms with E-state index in [0.717, 1.165) is 5.56 Å². The van der Waals surface area contributed by atoms with E-state index in [2.05, 4.69) is 5.32 Å². The number of nitrogens with zero attached hydrogens (tertiary/aromatic N) is 1. The van der Waals surface area contributed by atoms with Crippen molar-refractivity contribution in [2.45, 2.75) is 18.9 Å². The lowest BCUT2D eigenvalue weighted by atomic mass is 10.00. The predicted molar refractivity (Wildman–Crippen MR) is 130 cm³/mol. The SMILES string of the molecule is C[C@H](C(=O)Nc1cccc2c(=O)n(C(C(N)=O)c3ccccc3)ccc12)c1ccc(Cl)cc1. The Balaban J connectivity index is 1.70. The van der Waals surface area contributed by atoms with Crippen molar-refractivity contribution in [3.63, 3.8) is 0 Å². The monoisotopic (exact) mass is 459 g/mol. The van der Waals surface area contributed by atoms with Crippen molar-refractivity contribution >= 4 is 39.9 Å². The molecular weight excluding hydrogens is 438 g/mol. The Morgan fingerprint density at radius 3 is 2.24 bits per heavy atom. The molecule has 0 aliphatic carbocycles. The summed E-state index contributed by atoms with van der Waals surface area (Å²) in [6, 6.07) is 21.8. The lowest BCUT2D eigenvalue weighted by Crippen LogP contribution is -2.34. The zero-order valence-corrected chi connectivity index (χ0v) is 18.6. The Morgan fingerprint density at radius 1 is 0.879 bits per heavy atom. The summed E-state index contributed by atoms with van der Waals surface area (Å²) in [6.07, 6.45) is 1.53. The largest absolute Gasteiger partial charge is 0.368 e. The molecule has 0 aliphatic rings. The Morgan fingerprint density at radius 2 is 1.58 bits per heavy atom. The molecule has 2 atom stereocenters. The maximum atomic E-state index is 13.3. The highest BCUT2D eigenvalue weighted by Gasteiger charge is 2.22. The maximum absolute atomic E-state index is 13.3. The molecule has 3 aromatic carbocycles. The molecule has 2 amide bonds. The highest BCUT2D eigenvalue weighted by molar-refractivity contribution is 6.30. The fraction of sp³-hybridized carbons (Fsp3) is 0.115. The van der Waals surface area contributed by atoms with Crippen LogP contribution in [0.25, 0.3) is 10.8 Å². The van der Waals surface area contributed by atoms with E-state index >= 15 is 0 Å². The molecular formula is C26H22ClN3O3. The topological polar surface area (TPSA) is 94.2 Å². The molecule has 0 saturated carbocycles. The Labute approximate surface area is 195 Å². The average molecular weight is 460 g/mol. The van der Waals surface area contributed by atoms with E-state index in [0.29, 0.717) is 27.0 Å². The first-order valence-electron chi connectivity index (χ1n) is 10.4. The summed E-state index contributed by atoms with van der Waals surface area (Å²) in [5.74, 6) is -1.27. The van der Waals surface area contributed by atoms with Crippen LogP contribution in [0.5, 0.6) is 0 Å². The minimum Gasteiger partial charge on any atom is -0.368 e. The third kappa shape index (κ3) is 4.52. The molecule has 166 valence electrons. The molecule has 3 N–H and O–H groups in total. The molecule has 0 bridgehead atoms. The van der Waals surface area contributed by atoms with Gasteiger partial charge in [0.05, 0.1) is 5.92 Å². The third-order valence-electron chi connectivity index (χ3n) is 5.66. The summed E-state index contributed by atoms with van der Waals surface area (Å²) in [4.78, 5) is 38.4. The van der Waals surface area contributed by atoms with Crippen LogP contribution in [0, 0.1) is 0 Å². The zero-order valence-electron chi connectivity index (χ0n) is 17.9. The van der Waals surface area contributed by atoms with Crippen LogP contribution < -0.4 is 16.6 Å². The fourth-order valence-corrected chi connectivity index (χ4v) is 3.97. The summed E-state index contributed by atoms with van der Waals surface area (Å²) in [6.45, 7) is 1.80.